The number of rotatable bonds is 6. The number of hydrogen-bond donors (Lipinski definition) is 2. The van der Waals surface area contributed by atoms with Crippen LogP contribution in [0.25, 0.3) is 0 Å². The first-order valence-electron chi connectivity index (χ1n) is 6.65. The monoisotopic (exact) mass is 283 g/mol. The summed E-state index contributed by atoms with van der Waals surface area (Å²) in [6.45, 7) is 5.18. The third-order valence-electron chi connectivity index (χ3n) is 3.64. The van der Waals surface area contributed by atoms with Gasteiger partial charge in [-0.15, -0.1) is 0 Å². The van der Waals surface area contributed by atoms with Crippen LogP contribution in [0.3, 0.4) is 0 Å². The maximum absolute atomic E-state index is 12.3. The Morgan fingerprint density at radius 1 is 1.42 bits per heavy atom. The molecule has 1 aliphatic rings. The van der Waals surface area contributed by atoms with Crippen LogP contribution in [-0.2, 0) is 10.0 Å². The Kier molecular flexibility index (Phi) is 4.10. The summed E-state index contributed by atoms with van der Waals surface area (Å²) in [7, 11) is -3.55. The van der Waals surface area contributed by atoms with E-state index < -0.39 is 10.0 Å². The van der Waals surface area contributed by atoms with Crippen molar-refractivity contribution in [1.29, 1.82) is 0 Å². The Balaban J connectivity index is 2.14. The van der Waals surface area contributed by atoms with E-state index in [9.17, 15) is 8.42 Å². The largest absolute Gasteiger partial charge is 0.383 e. The highest BCUT2D eigenvalue weighted by Gasteiger charge is 2.33. The van der Waals surface area contributed by atoms with Crippen molar-refractivity contribution >= 4 is 15.7 Å². The second kappa shape index (κ2) is 5.46. The third-order valence-corrected chi connectivity index (χ3v) is 5.00. The zero-order valence-electron chi connectivity index (χ0n) is 11.4. The molecule has 1 heterocycles. The molecule has 1 saturated carbocycles. The molecule has 1 aliphatic carbocycles. The molecular weight excluding hydrogens is 262 g/mol. The van der Waals surface area contributed by atoms with E-state index in [4.69, 9.17) is 0 Å². The number of sulfonamides is 1. The molecule has 1 aromatic rings. The van der Waals surface area contributed by atoms with Gasteiger partial charge in [-0.1, -0.05) is 13.3 Å². The minimum Gasteiger partial charge on any atom is -0.383 e. The number of nitrogens with one attached hydrogen (secondary N) is 2. The predicted octanol–water partition coefficient (Wildman–Crippen LogP) is 1.98. The average molecular weight is 283 g/mol. The lowest BCUT2D eigenvalue weighted by Crippen LogP contribution is -2.40. The lowest BCUT2D eigenvalue weighted by atomic mass is 9.71. The SMILES string of the molecule is CCNc1cccnc1S(=O)(=O)NCC1(C)CCC1. The van der Waals surface area contributed by atoms with Crippen molar-refractivity contribution in [2.75, 3.05) is 18.4 Å². The number of pyridine rings is 1. The molecule has 0 atom stereocenters. The zero-order chi connectivity index (χ0) is 13.9. The number of hydrogen-bond acceptors (Lipinski definition) is 4. The number of aromatic nitrogens is 1. The lowest BCUT2D eigenvalue weighted by Gasteiger charge is -2.38. The highest BCUT2D eigenvalue weighted by atomic mass is 32.2. The third kappa shape index (κ3) is 3.25. The quantitative estimate of drug-likeness (QED) is 0.837. The van der Waals surface area contributed by atoms with Crippen LogP contribution >= 0.6 is 0 Å². The van der Waals surface area contributed by atoms with E-state index in [1.807, 2.05) is 6.92 Å². The molecule has 0 saturated heterocycles. The maximum atomic E-state index is 12.3. The maximum Gasteiger partial charge on any atom is 0.260 e. The molecule has 0 aromatic carbocycles. The van der Waals surface area contributed by atoms with E-state index in [2.05, 4.69) is 21.9 Å². The molecule has 5 nitrogen and oxygen atoms in total. The van der Waals surface area contributed by atoms with Gasteiger partial charge < -0.3 is 5.32 Å². The van der Waals surface area contributed by atoms with Crippen molar-refractivity contribution < 1.29 is 8.42 Å². The molecule has 0 radical (unpaired) electrons. The Morgan fingerprint density at radius 3 is 2.74 bits per heavy atom. The van der Waals surface area contributed by atoms with E-state index >= 15 is 0 Å². The van der Waals surface area contributed by atoms with E-state index in [1.54, 1.807) is 12.1 Å². The molecule has 0 spiro atoms. The molecule has 106 valence electrons. The molecular formula is C13H21N3O2S. The zero-order valence-corrected chi connectivity index (χ0v) is 12.3. The molecule has 1 fully saturated rings. The van der Waals surface area contributed by atoms with Crippen LogP contribution in [0.1, 0.15) is 33.1 Å². The van der Waals surface area contributed by atoms with Crippen molar-refractivity contribution in [2.45, 2.75) is 38.1 Å². The van der Waals surface area contributed by atoms with E-state index in [-0.39, 0.29) is 10.4 Å². The summed E-state index contributed by atoms with van der Waals surface area (Å²) in [5.41, 5.74) is 0.663. The highest BCUT2D eigenvalue weighted by Crippen LogP contribution is 2.39. The van der Waals surface area contributed by atoms with Gasteiger partial charge in [0.15, 0.2) is 5.03 Å². The van der Waals surface area contributed by atoms with Gasteiger partial charge in [-0.25, -0.2) is 18.1 Å². The summed E-state index contributed by atoms with van der Waals surface area (Å²) in [5.74, 6) is 0. The van der Waals surface area contributed by atoms with Gasteiger partial charge in [-0.05, 0) is 37.3 Å². The topological polar surface area (TPSA) is 71.1 Å². The molecule has 2 N–H and O–H groups in total. The Hall–Kier alpha value is -1.14. The van der Waals surface area contributed by atoms with Crippen molar-refractivity contribution in [3.05, 3.63) is 18.3 Å². The number of nitrogens with zero attached hydrogens (tertiary/aromatic N) is 1. The van der Waals surface area contributed by atoms with Crippen LogP contribution in [-0.4, -0.2) is 26.5 Å². The molecule has 0 amide bonds. The Labute approximate surface area is 114 Å². The first-order valence-corrected chi connectivity index (χ1v) is 8.14. The smallest absolute Gasteiger partial charge is 0.260 e. The summed E-state index contributed by atoms with van der Waals surface area (Å²) >= 11 is 0. The Bertz CT molecular complexity index is 539. The fourth-order valence-electron chi connectivity index (χ4n) is 2.22. The first-order chi connectivity index (χ1) is 8.97. The van der Waals surface area contributed by atoms with E-state index in [0.29, 0.717) is 18.8 Å². The molecule has 1 aromatic heterocycles. The summed E-state index contributed by atoms with van der Waals surface area (Å²) in [4.78, 5) is 4.00. The Morgan fingerprint density at radius 2 is 2.16 bits per heavy atom. The van der Waals surface area contributed by atoms with Crippen molar-refractivity contribution in [2.24, 2.45) is 5.41 Å². The fourth-order valence-corrected chi connectivity index (χ4v) is 3.53. The summed E-state index contributed by atoms with van der Waals surface area (Å²) in [5, 5.41) is 3.11. The minimum absolute atomic E-state index is 0.0831. The molecule has 2 rings (SSSR count). The van der Waals surface area contributed by atoms with Gasteiger partial charge in [0, 0.05) is 19.3 Å². The molecule has 19 heavy (non-hydrogen) atoms. The second-order valence-electron chi connectivity index (χ2n) is 5.38. The van der Waals surface area contributed by atoms with E-state index in [1.165, 1.54) is 12.6 Å². The van der Waals surface area contributed by atoms with Gasteiger partial charge in [0.25, 0.3) is 10.0 Å². The summed E-state index contributed by atoms with van der Waals surface area (Å²) in [6.07, 6.45) is 4.85. The minimum atomic E-state index is -3.55. The van der Waals surface area contributed by atoms with Gasteiger partial charge in [-0.3, -0.25) is 0 Å². The van der Waals surface area contributed by atoms with Crippen LogP contribution in [0.2, 0.25) is 0 Å². The fraction of sp³-hybridized carbons (Fsp3) is 0.615. The highest BCUT2D eigenvalue weighted by molar-refractivity contribution is 7.89. The predicted molar refractivity (Wildman–Crippen MR) is 75.5 cm³/mol. The second-order valence-corrected chi connectivity index (χ2v) is 7.06. The van der Waals surface area contributed by atoms with Gasteiger partial charge in [-0.2, -0.15) is 0 Å². The van der Waals surface area contributed by atoms with Crippen LogP contribution < -0.4 is 10.0 Å². The van der Waals surface area contributed by atoms with Crippen molar-refractivity contribution in [1.82, 2.24) is 9.71 Å². The van der Waals surface area contributed by atoms with Crippen LogP contribution in [0.4, 0.5) is 5.69 Å². The van der Waals surface area contributed by atoms with Gasteiger partial charge in [0.05, 0.1) is 5.69 Å². The standard InChI is InChI=1S/C13H21N3O2S/c1-3-14-11-6-4-9-15-12(11)19(17,18)16-10-13(2)7-5-8-13/h4,6,9,14,16H,3,5,7-8,10H2,1-2H3. The number of anilines is 1. The van der Waals surface area contributed by atoms with Gasteiger partial charge in [0.2, 0.25) is 0 Å². The van der Waals surface area contributed by atoms with Crippen LogP contribution in [0.5, 0.6) is 0 Å². The average Bonchev–Trinajstić information content (AvgIpc) is 2.35. The molecule has 0 bridgehead atoms. The molecule has 0 aliphatic heterocycles. The van der Waals surface area contributed by atoms with Crippen LogP contribution in [0, 0.1) is 5.41 Å². The lowest BCUT2D eigenvalue weighted by molar-refractivity contribution is 0.166. The summed E-state index contributed by atoms with van der Waals surface area (Å²) < 4.78 is 27.3. The molecule has 0 unspecified atom stereocenters. The molecule has 6 heteroatoms. The van der Waals surface area contributed by atoms with E-state index in [0.717, 1.165) is 12.8 Å². The van der Waals surface area contributed by atoms with Gasteiger partial charge >= 0.3 is 0 Å². The first kappa shape index (κ1) is 14.3. The normalized spacial score (nSPS) is 17.8. The van der Waals surface area contributed by atoms with Crippen LogP contribution in [0.15, 0.2) is 23.4 Å². The summed E-state index contributed by atoms with van der Waals surface area (Å²) in [6, 6.07) is 3.46. The van der Waals surface area contributed by atoms with Crippen molar-refractivity contribution in [3.8, 4) is 0 Å². The van der Waals surface area contributed by atoms with Crippen molar-refractivity contribution in [3.63, 3.8) is 0 Å². The van der Waals surface area contributed by atoms with Gasteiger partial charge in [0.1, 0.15) is 0 Å².